The number of halogens is 2. The molecule has 88 valence electrons. The summed E-state index contributed by atoms with van der Waals surface area (Å²) >= 11 is 6.74. The Morgan fingerprint density at radius 1 is 1.41 bits per heavy atom. The summed E-state index contributed by atoms with van der Waals surface area (Å²) < 4.78 is 13.2. The fraction of sp³-hybridized carbons (Fsp3) is 0.111. The summed E-state index contributed by atoms with van der Waals surface area (Å²) in [7, 11) is 0. The Kier molecular flexibility index (Phi) is 3.30. The molecule has 0 fully saturated rings. The fourth-order valence-electron chi connectivity index (χ4n) is 1.23. The van der Waals surface area contributed by atoms with Crippen LogP contribution >= 0.6 is 22.9 Å². The van der Waals surface area contributed by atoms with Crippen LogP contribution in [0.2, 0.25) is 0 Å². The number of nitrogens with zero attached hydrogens (tertiary/aromatic N) is 3. The smallest absolute Gasteiger partial charge is 0.258 e. The largest absolute Gasteiger partial charge is 0.273 e. The molecule has 0 saturated carbocycles. The third kappa shape index (κ3) is 2.56. The highest BCUT2D eigenvalue weighted by Crippen LogP contribution is 2.28. The lowest BCUT2D eigenvalue weighted by Gasteiger charge is -1.96. The van der Waals surface area contributed by atoms with E-state index in [0.717, 1.165) is 6.07 Å². The van der Waals surface area contributed by atoms with Gasteiger partial charge < -0.3 is 0 Å². The zero-order valence-corrected chi connectivity index (χ0v) is 9.83. The summed E-state index contributed by atoms with van der Waals surface area (Å²) in [6.07, 6.45) is 0. The highest BCUT2D eigenvalue weighted by atomic mass is 35.5. The minimum Gasteiger partial charge on any atom is -0.258 e. The number of benzene rings is 1. The summed E-state index contributed by atoms with van der Waals surface area (Å²) in [6, 6.07) is 3.28. The quantitative estimate of drug-likeness (QED) is 0.490. The second-order valence-electron chi connectivity index (χ2n) is 3.09. The van der Waals surface area contributed by atoms with Crippen LogP contribution in [0.25, 0.3) is 10.6 Å². The minimum absolute atomic E-state index is 0.203. The lowest BCUT2D eigenvalue weighted by molar-refractivity contribution is -0.385. The molecule has 0 atom stereocenters. The molecular formula is C9H5ClFN3O2S. The summed E-state index contributed by atoms with van der Waals surface area (Å²) in [5.74, 6) is -0.480. The van der Waals surface area contributed by atoms with E-state index in [2.05, 4.69) is 10.2 Å². The van der Waals surface area contributed by atoms with Gasteiger partial charge in [-0.1, -0.05) is 11.3 Å². The van der Waals surface area contributed by atoms with Crippen LogP contribution in [0.15, 0.2) is 18.2 Å². The van der Waals surface area contributed by atoms with Crippen molar-refractivity contribution in [2.24, 2.45) is 0 Å². The van der Waals surface area contributed by atoms with Crippen molar-refractivity contribution in [2.75, 3.05) is 0 Å². The number of alkyl halides is 1. The van der Waals surface area contributed by atoms with E-state index < -0.39 is 10.7 Å². The number of hydrogen-bond acceptors (Lipinski definition) is 5. The Bertz CT molecular complexity index is 575. The predicted molar refractivity (Wildman–Crippen MR) is 61.5 cm³/mol. The van der Waals surface area contributed by atoms with E-state index >= 15 is 0 Å². The summed E-state index contributed by atoms with van der Waals surface area (Å²) in [5, 5.41) is 19.1. The first-order valence-corrected chi connectivity index (χ1v) is 5.79. The Balaban J connectivity index is 2.47. The van der Waals surface area contributed by atoms with Gasteiger partial charge in [0.1, 0.15) is 15.8 Å². The lowest BCUT2D eigenvalue weighted by atomic mass is 10.2. The maximum absolute atomic E-state index is 13.2. The van der Waals surface area contributed by atoms with Crippen molar-refractivity contribution >= 4 is 28.6 Å². The molecule has 8 heteroatoms. The van der Waals surface area contributed by atoms with Gasteiger partial charge in [-0.2, -0.15) is 0 Å². The van der Waals surface area contributed by atoms with Crippen molar-refractivity contribution in [1.82, 2.24) is 10.2 Å². The number of non-ortho nitro benzene ring substituents is 1. The molecule has 0 radical (unpaired) electrons. The SMILES string of the molecule is O=[N+]([O-])c1cc(F)cc(-c2nnc(CCl)s2)c1. The van der Waals surface area contributed by atoms with E-state index in [1.54, 1.807) is 0 Å². The summed E-state index contributed by atoms with van der Waals surface area (Å²) in [5.41, 5.74) is 0.00758. The van der Waals surface area contributed by atoms with Crippen LogP contribution < -0.4 is 0 Å². The van der Waals surface area contributed by atoms with Crippen molar-refractivity contribution in [3.8, 4) is 10.6 Å². The molecule has 2 rings (SSSR count). The molecule has 0 aliphatic rings. The van der Waals surface area contributed by atoms with Gasteiger partial charge in [-0.3, -0.25) is 10.1 Å². The fourth-order valence-corrected chi connectivity index (χ4v) is 2.12. The molecule has 5 nitrogen and oxygen atoms in total. The molecule has 2 aromatic rings. The zero-order valence-electron chi connectivity index (χ0n) is 8.26. The normalized spacial score (nSPS) is 10.5. The molecular weight excluding hydrogens is 269 g/mol. The molecule has 17 heavy (non-hydrogen) atoms. The number of hydrogen-bond donors (Lipinski definition) is 0. The molecule has 0 aliphatic heterocycles. The Hall–Kier alpha value is -1.60. The summed E-state index contributed by atoms with van der Waals surface area (Å²) in [4.78, 5) is 9.93. The first kappa shape index (κ1) is 11.9. The van der Waals surface area contributed by atoms with Gasteiger partial charge in [0.15, 0.2) is 0 Å². The van der Waals surface area contributed by atoms with Crippen molar-refractivity contribution < 1.29 is 9.31 Å². The van der Waals surface area contributed by atoms with Crippen molar-refractivity contribution in [3.63, 3.8) is 0 Å². The number of rotatable bonds is 3. The predicted octanol–water partition coefficient (Wildman–Crippen LogP) is 2.99. The van der Waals surface area contributed by atoms with E-state index in [0.29, 0.717) is 15.6 Å². The third-order valence-electron chi connectivity index (χ3n) is 1.92. The summed E-state index contributed by atoms with van der Waals surface area (Å²) in [6.45, 7) is 0. The van der Waals surface area contributed by atoms with Crippen molar-refractivity contribution in [3.05, 3.63) is 39.1 Å². The second kappa shape index (κ2) is 4.72. The Morgan fingerprint density at radius 2 is 2.18 bits per heavy atom. The number of nitro groups is 1. The molecule has 1 aromatic carbocycles. The van der Waals surface area contributed by atoms with Gasteiger partial charge in [0.2, 0.25) is 0 Å². The first-order chi connectivity index (χ1) is 8.10. The van der Waals surface area contributed by atoms with Gasteiger partial charge >= 0.3 is 0 Å². The van der Waals surface area contributed by atoms with Gasteiger partial charge in [0, 0.05) is 11.6 Å². The second-order valence-corrected chi connectivity index (χ2v) is 4.42. The highest BCUT2D eigenvalue weighted by molar-refractivity contribution is 7.14. The van der Waals surface area contributed by atoms with Gasteiger partial charge in [-0.25, -0.2) is 4.39 Å². The van der Waals surface area contributed by atoms with Gasteiger partial charge in [-0.05, 0) is 6.07 Å². The van der Waals surface area contributed by atoms with Crippen LogP contribution in [-0.2, 0) is 5.88 Å². The standard InChI is InChI=1S/C9H5ClFN3O2S/c10-4-8-12-13-9(17-8)5-1-6(11)3-7(2-5)14(15)16/h1-3H,4H2. The highest BCUT2D eigenvalue weighted by Gasteiger charge is 2.13. The van der Waals surface area contributed by atoms with Crippen molar-refractivity contribution in [2.45, 2.75) is 5.88 Å². The molecule has 0 N–H and O–H groups in total. The Morgan fingerprint density at radius 3 is 2.76 bits per heavy atom. The molecule has 1 aromatic heterocycles. The monoisotopic (exact) mass is 273 g/mol. The van der Waals surface area contributed by atoms with E-state index in [4.69, 9.17) is 11.6 Å². The van der Waals surface area contributed by atoms with E-state index in [1.165, 1.54) is 23.5 Å². The molecule has 1 heterocycles. The first-order valence-electron chi connectivity index (χ1n) is 4.44. The maximum atomic E-state index is 13.2. The Labute approximate surface area is 104 Å². The molecule has 0 amide bonds. The van der Waals surface area contributed by atoms with Gasteiger partial charge in [0.25, 0.3) is 5.69 Å². The topological polar surface area (TPSA) is 68.9 Å². The number of aromatic nitrogens is 2. The van der Waals surface area contributed by atoms with Gasteiger partial charge in [0.05, 0.1) is 16.9 Å². The van der Waals surface area contributed by atoms with Crippen LogP contribution in [0.5, 0.6) is 0 Å². The van der Waals surface area contributed by atoms with Crippen LogP contribution in [0.4, 0.5) is 10.1 Å². The maximum Gasteiger partial charge on any atom is 0.273 e. The average molecular weight is 274 g/mol. The third-order valence-corrected chi connectivity index (χ3v) is 3.31. The molecule has 0 aliphatic carbocycles. The minimum atomic E-state index is -0.683. The zero-order chi connectivity index (χ0) is 12.4. The van der Waals surface area contributed by atoms with Crippen LogP contribution in [0.3, 0.4) is 0 Å². The number of nitro benzene ring substituents is 1. The molecule has 0 bridgehead atoms. The molecule has 0 saturated heterocycles. The van der Waals surface area contributed by atoms with E-state index in [-0.39, 0.29) is 11.6 Å². The molecule has 0 spiro atoms. The van der Waals surface area contributed by atoms with Crippen LogP contribution in [-0.4, -0.2) is 15.1 Å². The van der Waals surface area contributed by atoms with Crippen LogP contribution in [0.1, 0.15) is 5.01 Å². The lowest BCUT2D eigenvalue weighted by Crippen LogP contribution is -1.90. The van der Waals surface area contributed by atoms with Crippen molar-refractivity contribution in [1.29, 1.82) is 0 Å². The van der Waals surface area contributed by atoms with E-state index in [1.807, 2.05) is 0 Å². The van der Waals surface area contributed by atoms with Gasteiger partial charge in [-0.15, -0.1) is 21.8 Å². The average Bonchev–Trinajstić information content (AvgIpc) is 2.76. The molecule has 0 unspecified atom stereocenters. The van der Waals surface area contributed by atoms with Crippen LogP contribution in [0, 0.1) is 15.9 Å². The van der Waals surface area contributed by atoms with E-state index in [9.17, 15) is 14.5 Å².